The van der Waals surface area contributed by atoms with Crippen LogP contribution < -0.4 is 0 Å². The lowest BCUT2D eigenvalue weighted by molar-refractivity contribution is 0.0526. The minimum Gasteiger partial charge on any atom is -0.467 e. The predicted octanol–water partition coefficient (Wildman–Crippen LogP) is 6.45. The lowest BCUT2D eigenvalue weighted by atomic mass is 10.2. The fourth-order valence-corrected chi connectivity index (χ4v) is 4.53. The van der Waals surface area contributed by atoms with E-state index in [4.69, 9.17) is 37.3 Å². The molecular weight excluding hydrogens is 443 g/mol. The summed E-state index contributed by atoms with van der Waals surface area (Å²) in [7, 11) is 0. The molecule has 5 nitrogen and oxygen atoms in total. The van der Waals surface area contributed by atoms with Crippen molar-refractivity contribution in [2.24, 2.45) is 0 Å². The summed E-state index contributed by atoms with van der Waals surface area (Å²) < 4.78 is 12.7. The number of hydrogen-bond acceptors (Lipinski definition) is 5. The highest BCUT2D eigenvalue weighted by Gasteiger charge is 2.16. The summed E-state index contributed by atoms with van der Waals surface area (Å²) in [6.45, 7) is 2.63. The van der Waals surface area contributed by atoms with Crippen molar-refractivity contribution >= 4 is 52.0 Å². The van der Waals surface area contributed by atoms with E-state index in [-0.39, 0.29) is 5.97 Å². The van der Waals surface area contributed by atoms with Gasteiger partial charge in [-0.25, -0.2) is 9.78 Å². The van der Waals surface area contributed by atoms with Crippen molar-refractivity contribution in [1.82, 2.24) is 9.55 Å². The number of furan rings is 1. The molecule has 0 unspecified atom stereocenters. The average molecular weight is 461 g/mol. The number of imidazole rings is 1. The Balaban J connectivity index is 1.70. The fourth-order valence-electron chi connectivity index (χ4n) is 3.07. The van der Waals surface area contributed by atoms with Crippen molar-refractivity contribution < 1.29 is 13.9 Å². The van der Waals surface area contributed by atoms with Gasteiger partial charge in [-0.05, 0) is 61.0 Å². The Morgan fingerprint density at radius 2 is 2.07 bits per heavy atom. The van der Waals surface area contributed by atoms with Crippen LogP contribution in [0.15, 0.2) is 64.4 Å². The Hall–Kier alpha value is -2.41. The Morgan fingerprint density at radius 1 is 1.20 bits per heavy atom. The number of carbonyl (C=O) groups excluding carboxylic acids is 1. The Kier molecular flexibility index (Phi) is 6.37. The number of benzene rings is 2. The van der Waals surface area contributed by atoms with E-state index in [1.165, 1.54) is 0 Å². The molecule has 2 aromatic carbocycles. The van der Waals surface area contributed by atoms with Gasteiger partial charge in [-0.2, -0.15) is 0 Å². The highest BCUT2D eigenvalue weighted by atomic mass is 35.5. The van der Waals surface area contributed by atoms with Gasteiger partial charge in [-0.3, -0.25) is 0 Å². The number of thioether (sulfide) groups is 1. The molecule has 0 aliphatic rings. The van der Waals surface area contributed by atoms with Crippen LogP contribution in [0.3, 0.4) is 0 Å². The van der Waals surface area contributed by atoms with Gasteiger partial charge < -0.3 is 13.7 Å². The van der Waals surface area contributed by atoms with Gasteiger partial charge in [0.2, 0.25) is 0 Å². The molecule has 0 atom stereocenters. The summed E-state index contributed by atoms with van der Waals surface area (Å²) in [4.78, 5) is 16.9. The highest BCUT2D eigenvalue weighted by Crippen LogP contribution is 2.31. The van der Waals surface area contributed by atoms with Crippen molar-refractivity contribution in [2.45, 2.75) is 24.4 Å². The third-order valence-corrected chi connectivity index (χ3v) is 6.11. The van der Waals surface area contributed by atoms with Crippen LogP contribution in [0.5, 0.6) is 0 Å². The van der Waals surface area contributed by atoms with Crippen molar-refractivity contribution in [3.05, 3.63) is 81.7 Å². The molecule has 0 amide bonds. The Labute approximate surface area is 187 Å². The van der Waals surface area contributed by atoms with E-state index >= 15 is 0 Å². The van der Waals surface area contributed by atoms with Crippen LogP contribution in [-0.2, 0) is 17.0 Å². The Bertz CT molecular complexity index is 1190. The van der Waals surface area contributed by atoms with Crippen molar-refractivity contribution in [1.29, 1.82) is 0 Å². The second-order valence-corrected chi connectivity index (χ2v) is 8.29. The largest absolute Gasteiger partial charge is 0.467 e. The van der Waals surface area contributed by atoms with E-state index in [9.17, 15) is 4.79 Å². The van der Waals surface area contributed by atoms with Gasteiger partial charge in [0.1, 0.15) is 5.76 Å². The average Bonchev–Trinajstić information content (AvgIpc) is 3.37. The highest BCUT2D eigenvalue weighted by molar-refractivity contribution is 7.98. The number of halogens is 2. The molecule has 8 heteroatoms. The molecule has 0 aliphatic heterocycles. The third-order valence-electron chi connectivity index (χ3n) is 4.48. The van der Waals surface area contributed by atoms with Crippen LogP contribution in [0, 0.1) is 0 Å². The number of carbonyl (C=O) groups is 1. The van der Waals surface area contributed by atoms with Crippen LogP contribution in [0.4, 0.5) is 0 Å². The smallest absolute Gasteiger partial charge is 0.338 e. The van der Waals surface area contributed by atoms with E-state index in [1.807, 2.05) is 24.3 Å². The van der Waals surface area contributed by atoms with E-state index < -0.39 is 0 Å². The normalized spacial score (nSPS) is 11.2. The minimum atomic E-state index is -0.361. The topological polar surface area (TPSA) is 57.3 Å². The van der Waals surface area contributed by atoms with Crippen LogP contribution >= 0.6 is 35.0 Å². The minimum absolute atomic E-state index is 0.325. The number of hydrogen-bond donors (Lipinski definition) is 0. The van der Waals surface area contributed by atoms with E-state index in [2.05, 4.69) is 4.57 Å². The zero-order chi connectivity index (χ0) is 21.1. The first-order valence-corrected chi connectivity index (χ1v) is 11.1. The molecule has 0 N–H and O–H groups in total. The maximum Gasteiger partial charge on any atom is 0.338 e. The molecule has 2 heterocycles. The van der Waals surface area contributed by atoms with Gasteiger partial charge in [0.05, 0.1) is 36.0 Å². The Morgan fingerprint density at radius 3 is 2.83 bits per heavy atom. The lowest BCUT2D eigenvalue weighted by Crippen LogP contribution is -2.04. The summed E-state index contributed by atoms with van der Waals surface area (Å²) in [5.74, 6) is 1.05. The molecule has 4 aromatic rings. The second kappa shape index (κ2) is 9.16. The maximum absolute atomic E-state index is 12.1. The van der Waals surface area contributed by atoms with Gasteiger partial charge >= 0.3 is 5.97 Å². The predicted molar refractivity (Wildman–Crippen MR) is 120 cm³/mol. The number of ether oxygens (including phenoxy) is 1. The molecule has 0 saturated heterocycles. The molecule has 0 spiro atoms. The maximum atomic E-state index is 12.1. The zero-order valence-electron chi connectivity index (χ0n) is 16.1. The summed E-state index contributed by atoms with van der Waals surface area (Å²) in [6.07, 6.45) is 1.64. The molecule has 30 heavy (non-hydrogen) atoms. The van der Waals surface area contributed by atoms with Gasteiger partial charge in [-0.1, -0.05) is 35.0 Å². The first-order chi connectivity index (χ1) is 14.5. The van der Waals surface area contributed by atoms with Gasteiger partial charge in [0, 0.05) is 15.8 Å². The van der Waals surface area contributed by atoms with E-state index in [0.29, 0.717) is 40.0 Å². The standard InChI is InChI=1S/C22H18Cl2N2O3S/c1-2-28-21(27)14-5-8-20-19(11-14)25-22(26(20)12-17-4-3-9-29-17)30-13-15-10-16(23)6-7-18(15)24/h3-11H,2,12-13H2,1H3. The molecular formula is C22H18Cl2N2O3S. The van der Waals surface area contributed by atoms with Crippen molar-refractivity contribution in [3.63, 3.8) is 0 Å². The zero-order valence-corrected chi connectivity index (χ0v) is 18.4. The number of nitrogens with zero attached hydrogens (tertiary/aromatic N) is 2. The molecule has 2 aromatic heterocycles. The lowest BCUT2D eigenvalue weighted by Gasteiger charge is -2.09. The molecule has 0 fully saturated rings. The quantitative estimate of drug-likeness (QED) is 0.234. The summed E-state index contributed by atoms with van der Waals surface area (Å²) >= 11 is 14.0. The van der Waals surface area contributed by atoms with E-state index in [0.717, 1.165) is 22.0 Å². The third kappa shape index (κ3) is 4.51. The van der Waals surface area contributed by atoms with E-state index in [1.54, 1.807) is 49.2 Å². The number of fused-ring (bicyclic) bond motifs is 1. The summed E-state index contributed by atoms with van der Waals surface area (Å²) in [6, 6.07) is 14.6. The second-order valence-electron chi connectivity index (χ2n) is 6.51. The first kappa shape index (κ1) is 20.8. The van der Waals surface area contributed by atoms with Crippen LogP contribution in [0.25, 0.3) is 11.0 Å². The van der Waals surface area contributed by atoms with Gasteiger partial charge in [0.15, 0.2) is 5.16 Å². The van der Waals surface area contributed by atoms with Crippen molar-refractivity contribution in [3.8, 4) is 0 Å². The molecule has 0 saturated carbocycles. The molecule has 0 radical (unpaired) electrons. The summed E-state index contributed by atoms with van der Waals surface area (Å²) in [5.41, 5.74) is 3.02. The van der Waals surface area contributed by atoms with Gasteiger partial charge in [0.25, 0.3) is 0 Å². The SMILES string of the molecule is CCOC(=O)c1ccc2c(c1)nc(SCc1cc(Cl)ccc1Cl)n2Cc1ccco1. The van der Waals surface area contributed by atoms with Gasteiger partial charge in [-0.15, -0.1) is 0 Å². The fraction of sp³-hybridized carbons (Fsp3) is 0.182. The number of aromatic nitrogens is 2. The summed E-state index contributed by atoms with van der Waals surface area (Å²) in [5, 5.41) is 2.09. The van der Waals surface area contributed by atoms with Crippen molar-refractivity contribution in [2.75, 3.05) is 6.61 Å². The monoisotopic (exact) mass is 460 g/mol. The molecule has 154 valence electrons. The molecule has 0 bridgehead atoms. The molecule has 4 rings (SSSR count). The van der Waals surface area contributed by atoms with Crippen LogP contribution in [0.1, 0.15) is 28.6 Å². The number of rotatable bonds is 7. The van der Waals surface area contributed by atoms with Crippen LogP contribution in [0.2, 0.25) is 10.0 Å². The van der Waals surface area contributed by atoms with Crippen LogP contribution in [-0.4, -0.2) is 22.1 Å². The number of esters is 1. The molecule has 0 aliphatic carbocycles. The first-order valence-electron chi connectivity index (χ1n) is 9.31.